The van der Waals surface area contributed by atoms with Gasteiger partial charge < -0.3 is 14.6 Å². The number of carbonyl (C=O) groups is 1. The molecule has 5 heteroatoms. The van der Waals surface area contributed by atoms with Crippen molar-refractivity contribution < 1.29 is 9.53 Å². The minimum absolute atomic E-state index is 0.0660. The van der Waals surface area contributed by atoms with E-state index < -0.39 is 0 Å². The quantitative estimate of drug-likeness (QED) is 0.391. The number of carbonyl (C=O) groups excluding carboxylic acids is 1. The number of allylic oxidation sites excluding steroid dienone is 1. The van der Waals surface area contributed by atoms with Crippen LogP contribution in [0.25, 0.3) is 11.0 Å². The van der Waals surface area contributed by atoms with Crippen LogP contribution in [0.2, 0.25) is 0 Å². The van der Waals surface area contributed by atoms with E-state index in [1.54, 1.807) is 12.2 Å². The van der Waals surface area contributed by atoms with Crippen LogP contribution in [0.3, 0.4) is 0 Å². The van der Waals surface area contributed by atoms with Crippen LogP contribution in [0.15, 0.2) is 54.6 Å². The first kappa shape index (κ1) is 21.6. The van der Waals surface area contributed by atoms with E-state index in [0.29, 0.717) is 19.6 Å². The number of nitrogens with zero attached hydrogens (tertiary/aromatic N) is 2. The summed E-state index contributed by atoms with van der Waals surface area (Å²) in [6.07, 6.45) is 5.96. The highest BCUT2D eigenvalue weighted by Gasteiger charge is 2.10. The van der Waals surface area contributed by atoms with Gasteiger partial charge >= 0.3 is 0 Å². The fraction of sp³-hybridized carbons (Fsp3) is 0.360. The first-order valence-electron chi connectivity index (χ1n) is 10.6. The van der Waals surface area contributed by atoms with Gasteiger partial charge in [0.25, 0.3) is 0 Å². The summed E-state index contributed by atoms with van der Waals surface area (Å²) in [5, 5.41) is 2.91. The van der Waals surface area contributed by atoms with Crippen molar-refractivity contribution in [1.29, 1.82) is 0 Å². The lowest BCUT2D eigenvalue weighted by molar-refractivity contribution is -0.116. The van der Waals surface area contributed by atoms with Crippen LogP contribution in [0.4, 0.5) is 0 Å². The first-order chi connectivity index (χ1) is 14.6. The number of ether oxygens (including phenoxy) is 1. The van der Waals surface area contributed by atoms with E-state index in [1.165, 1.54) is 11.1 Å². The molecule has 2 aromatic carbocycles. The number of benzene rings is 2. The lowest BCUT2D eigenvalue weighted by Gasteiger charge is -2.12. The molecule has 3 aromatic rings. The van der Waals surface area contributed by atoms with Crippen LogP contribution in [0.5, 0.6) is 5.75 Å². The number of imidazole rings is 1. The molecule has 0 atom stereocenters. The van der Waals surface area contributed by atoms with Crippen molar-refractivity contribution in [2.24, 2.45) is 0 Å². The second kappa shape index (κ2) is 10.6. The third-order valence-electron chi connectivity index (χ3n) is 5.08. The summed E-state index contributed by atoms with van der Waals surface area (Å²) in [7, 11) is 0. The number of rotatable bonds is 10. The SMILES string of the molecule is C/C=C/C(=O)NCCc1nc2ccccc2n1CCCCOc1cc(C)ccc1C. The Morgan fingerprint density at radius 1 is 1.17 bits per heavy atom. The Kier molecular flexibility index (Phi) is 7.66. The Morgan fingerprint density at radius 3 is 2.83 bits per heavy atom. The molecule has 0 fully saturated rings. The van der Waals surface area contributed by atoms with Crippen LogP contribution >= 0.6 is 0 Å². The molecule has 0 saturated heterocycles. The van der Waals surface area contributed by atoms with Crippen molar-refractivity contribution in [1.82, 2.24) is 14.9 Å². The number of para-hydroxylation sites is 2. The Bertz CT molecular complexity index is 1020. The fourth-order valence-corrected chi connectivity index (χ4v) is 3.49. The van der Waals surface area contributed by atoms with Crippen LogP contribution in [-0.2, 0) is 17.8 Å². The number of hydrogen-bond acceptors (Lipinski definition) is 3. The third-order valence-corrected chi connectivity index (χ3v) is 5.08. The number of nitrogens with one attached hydrogen (secondary N) is 1. The molecule has 5 nitrogen and oxygen atoms in total. The highest BCUT2D eigenvalue weighted by atomic mass is 16.5. The van der Waals surface area contributed by atoms with Crippen molar-refractivity contribution in [2.45, 2.75) is 46.6 Å². The van der Waals surface area contributed by atoms with E-state index in [0.717, 1.165) is 42.0 Å². The minimum Gasteiger partial charge on any atom is -0.493 e. The molecule has 1 heterocycles. The van der Waals surface area contributed by atoms with E-state index in [-0.39, 0.29) is 5.91 Å². The van der Waals surface area contributed by atoms with E-state index in [1.807, 2.05) is 25.1 Å². The van der Waals surface area contributed by atoms with Gasteiger partial charge in [-0.15, -0.1) is 0 Å². The van der Waals surface area contributed by atoms with Gasteiger partial charge in [-0.05, 0) is 69.0 Å². The molecule has 3 rings (SSSR count). The molecule has 0 radical (unpaired) electrons. The zero-order valence-corrected chi connectivity index (χ0v) is 18.1. The topological polar surface area (TPSA) is 56.2 Å². The average molecular weight is 406 g/mol. The summed E-state index contributed by atoms with van der Waals surface area (Å²) in [6, 6.07) is 14.5. The second-order valence-electron chi connectivity index (χ2n) is 7.53. The zero-order valence-electron chi connectivity index (χ0n) is 18.1. The fourth-order valence-electron chi connectivity index (χ4n) is 3.49. The normalized spacial score (nSPS) is 11.3. The monoisotopic (exact) mass is 405 g/mol. The van der Waals surface area contributed by atoms with E-state index in [2.05, 4.69) is 48.0 Å². The molecular formula is C25H31N3O2. The van der Waals surface area contributed by atoms with Gasteiger partial charge in [0.05, 0.1) is 17.6 Å². The average Bonchev–Trinajstić information content (AvgIpc) is 3.08. The molecule has 0 aliphatic rings. The predicted octanol–water partition coefficient (Wildman–Crippen LogP) is 4.75. The van der Waals surface area contributed by atoms with Crippen LogP contribution in [0, 0.1) is 13.8 Å². The highest BCUT2D eigenvalue weighted by molar-refractivity contribution is 5.87. The largest absolute Gasteiger partial charge is 0.493 e. The van der Waals surface area contributed by atoms with Crippen molar-refractivity contribution in [2.75, 3.05) is 13.2 Å². The first-order valence-corrected chi connectivity index (χ1v) is 10.6. The van der Waals surface area contributed by atoms with E-state index in [4.69, 9.17) is 9.72 Å². The molecule has 0 saturated carbocycles. The Labute approximate surface area is 178 Å². The van der Waals surface area contributed by atoms with Gasteiger partial charge in [-0.25, -0.2) is 4.98 Å². The molecule has 0 aliphatic heterocycles. The summed E-state index contributed by atoms with van der Waals surface area (Å²) in [5.74, 6) is 1.91. The van der Waals surface area contributed by atoms with Crippen molar-refractivity contribution in [3.8, 4) is 5.75 Å². The standard InChI is InChI=1S/C25H31N3O2/c1-4-9-25(29)26-15-14-24-27-21-10-5-6-11-22(21)28(24)16-7-8-17-30-23-18-19(2)12-13-20(23)3/h4-6,9-13,18H,7-8,14-17H2,1-3H3,(H,26,29)/b9-4+. The highest BCUT2D eigenvalue weighted by Crippen LogP contribution is 2.20. The molecule has 1 amide bonds. The second-order valence-corrected chi connectivity index (χ2v) is 7.53. The zero-order chi connectivity index (χ0) is 21.3. The van der Waals surface area contributed by atoms with Crippen LogP contribution < -0.4 is 10.1 Å². The van der Waals surface area contributed by atoms with E-state index in [9.17, 15) is 4.79 Å². The predicted molar refractivity (Wildman–Crippen MR) is 122 cm³/mol. The molecule has 158 valence electrons. The van der Waals surface area contributed by atoms with Crippen LogP contribution in [0.1, 0.15) is 36.7 Å². The molecule has 0 spiro atoms. The maximum absolute atomic E-state index is 11.7. The Balaban J connectivity index is 1.57. The van der Waals surface area contributed by atoms with Crippen LogP contribution in [-0.4, -0.2) is 28.6 Å². The van der Waals surface area contributed by atoms with Crippen molar-refractivity contribution in [3.63, 3.8) is 0 Å². The molecule has 0 unspecified atom stereocenters. The molecule has 0 bridgehead atoms. The molecular weight excluding hydrogens is 374 g/mol. The van der Waals surface area contributed by atoms with E-state index >= 15 is 0 Å². The minimum atomic E-state index is -0.0660. The maximum atomic E-state index is 11.7. The van der Waals surface area contributed by atoms with Gasteiger partial charge in [0.2, 0.25) is 5.91 Å². The van der Waals surface area contributed by atoms with Gasteiger partial charge in [0, 0.05) is 19.5 Å². The smallest absolute Gasteiger partial charge is 0.243 e. The Morgan fingerprint density at radius 2 is 2.00 bits per heavy atom. The summed E-state index contributed by atoms with van der Waals surface area (Å²) in [4.78, 5) is 16.4. The Hall–Kier alpha value is -3.08. The van der Waals surface area contributed by atoms with Crippen molar-refractivity contribution >= 4 is 16.9 Å². The molecule has 1 N–H and O–H groups in total. The number of amides is 1. The molecule has 0 aliphatic carbocycles. The summed E-state index contributed by atoms with van der Waals surface area (Å²) in [6.45, 7) is 8.15. The lowest BCUT2D eigenvalue weighted by atomic mass is 10.1. The van der Waals surface area contributed by atoms with Gasteiger partial charge in [-0.3, -0.25) is 4.79 Å². The number of unbranched alkanes of at least 4 members (excludes halogenated alkanes) is 1. The number of aromatic nitrogens is 2. The van der Waals surface area contributed by atoms with Gasteiger partial charge in [-0.2, -0.15) is 0 Å². The summed E-state index contributed by atoms with van der Waals surface area (Å²) < 4.78 is 8.26. The molecule has 1 aromatic heterocycles. The van der Waals surface area contributed by atoms with Gasteiger partial charge in [0.1, 0.15) is 11.6 Å². The lowest BCUT2D eigenvalue weighted by Crippen LogP contribution is -2.24. The number of fused-ring (bicyclic) bond motifs is 1. The van der Waals surface area contributed by atoms with Crippen molar-refractivity contribution in [3.05, 3.63) is 71.6 Å². The third kappa shape index (κ3) is 5.72. The summed E-state index contributed by atoms with van der Waals surface area (Å²) in [5.41, 5.74) is 4.52. The van der Waals surface area contributed by atoms with Gasteiger partial charge in [-0.1, -0.05) is 30.3 Å². The van der Waals surface area contributed by atoms with Gasteiger partial charge in [0.15, 0.2) is 0 Å². The molecule has 30 heavy (non-hydrogen) atoms. The number of aryl methyl sites for hydroxylation is 3. The summed E-state index contributed by atoms with van der Waals surface area (Å²) >= 11 is 0. The number of hydrogen-bond donors (Lipinski definition) is 1. The maximum Gasteiger partial charge on any atom is 0.243 e.